The van der Waals surface area contributed by atoms with Gasteiger partial charge >= 0.3 is 0 Å². The van der Waals surface area contributed by atoms with Crippen molar-refractivity contribution in [2.75, 3.05) is 26.2 Å². The van der Waals surface area contributed by atoms with E-state index in [4.69, 9.17) is 0 Å². The average Bonchev–Trinajstić information content (AvgIpc) is 2.08. The molecule has 0 aromatic rings. The zero-order chi connectivity index (χ0) is 11.0. The van der Waals surface area contributed by atoms with E-state index in [0.29, 0.717) is 18.6 Å². The standard InChI is InChI=1S/C12H23FN2/c1-9(2)15-6-11(7-15)14-5-4-10(3)12(13)8-14/h9-12H,4-8H2,1-3H3/t10-,12+/m0/s1. The summed E-state index contributed by atoms with van der Waals surface area (Å²) in [7, 11) is 0. The maximum Gasteiger partial charge on any atom is 0.115 e. The Morgan fingerprint density at radius 2 is 1.87 bits per heavy atom. The summed E-state index contributed by atoms with van der Waals surface area (Å²) >= 11 is 0. The van der Waals surface area contributed by atoms with E-state index in [2.05, 4.69) is 23.6 Å². The Morgan fingerprint density at radius 1 is 1.20 bits per heavy atom. The lowest BCUT2D eigenvalue weighted by molar-refractivity contribution is -0.0225. The van der Waals surface area contributed by atoms with Gasteiger partial charge in [-0.15, -0.1) is 0 Å². The fourth-order valence-corrected chi connectivity index (χ4v) is 2.52. The second-order valence-corrected chi connectivity index (χ2v) is 5.48. The van der Waals surface area contributed by atoms with Gasteiger partial charge in [0.1, 0.15) is 6.17 Å². The predicted octanol–water partition coefficient (Wildman–Crippen LogP) is 1.76. The summed E-state index contributed by atoms with van der Waals surface area (Å²) in [5.74, 6) is 0.266. The Bertz CT molecular complexity index is 214. The molecule has 0 aromatic heterocycles. The molecule has 2 saturated heterocycles. The fraction of sp³-hybridized carbons (Fsp3) is 1.00. The summed E-state index contributed by atoms with van der Waals surface area (Å²) < 4.78 is 13.5. The number of alkyl halides is 1. The van der Waals surface area contributed by atoms with Gasteiger partial charge in [0.25, 0.3) is 0 Å². The van der Waals surface area contributed by atoms with Gasteiger partial charge in [-0.1, -0.05) is 6.92 Å². The highest BCUT2D eigenvalue weighted by atomic mass is 19.1. The zero-order valence-electron chi connectivity index (χ0n) is 10.1. The van der Waals surface area contributed by atoms with Crippen molar-refractivity contribution in [2.45, 2.75) is 45.4 Å². The van der Waals surface area contributed by atoms with Crippen LogP contribution in [0.5, 0.6) is 0 Å². The first-order chi connectivity index (χ1) is 7.08. The van der Waals surface area contributed by atoms with Crippen LogP contribution in [0.15, 0.2) is 0 Å². The third kappa shape index (κ3) is 2.34. The first kappa shape index (κ1) is 11.3. The summed E-state index contributed by atoms with van der Waals surface area (Å²) in [6, 6.07) is 1.27. The molecular formula is C12H23FN2. The van der Waals surface area contributed by atoms with Crippen LogP contribution in [-0.2, 0) is 0 Å². The number of piperidine rings is 1. The molecule has 0 aromatic carbocycles. The molecule has 2 rings (SSSR count). The first-order valence-electron chi connectivity index (χ1n) is 6.20. The van der Waals surface area contributed by atoms with Gasteiger partial charge in [0, 0.05) is 31.7 Å². The van der Waals surface area contributed by atoms with E-state index in [1.807, 2.05) is 6.92 Å². The highest BCUT2D eigenvalue weighted by Gasteiger charge is 2.36. The minimum absolute atomic E-state index is 0.266. The highest BCUT2D eigenvalue weighted by Crippen LogP contribution is 2.25. The lowest BCUT2D eigenvalue weighted by atomic mass is 9.94. The highest BCUT2D eigenvalue weighted by molar-refractivity contribution is 4.92. The van der Waals surface area contributed by atoms with Crippen LogP contribution in [0.1, 0.15) is 27.2 Å². The molecule has 2 nitrogen and oxygen atoms in total. The summed E-state index contributed by atoms with van der Waals surface area (Å²) in [6.07, 6.45) is 0.422. The second kappa shape index (κ2) is 4.38. The van der Waals surface area contributed by atoms with E-state index in [-0.39, 0.29) is 5.92 Å². The van der Waals surface area contributed by atoms with Crippen molar-refractivity contribution in [1.82, 2.24) is 9.80 Å². The first-order valence-corrected chi connectivity index (χ1v) is 6.20. The lowest BCUT2D eigenvalue weighted by Crippen LogP contribution is -2.63. The summed E-state index contributed by atoms with van der Waals surface area (Å²) in [5, 5.41) is 0. The molecule has 0 unspecified atom stereocenters. The Morgan fingerprint density at radius 3 is 2.40 bits per heavy atom. The fourth-order valence-electron chi connectivity index (χ4n) is 2.52. The van der Waals surface area contributed by atoms with Gasteiger partial charge in [-0.3, -0.25) is 9.80 Å². The van der Waals surface area contributed by atoms with Crippen LogP contribution in [0, 0.1) is 5.92 Å². The van der Waals surface area contributed by atoms with Gasteiger partial charge in [0.05, 0.1) is 0 Å². The van der Waals surface area contributed by atoms with Gasteiger partial charge in [0.15, 0.2) is 0 Å². The van der Waals surface area contributed by atoms with E-state index in [0.717, 1.165) is 26.1 Å². The Labute approximate surface area is 92.4 Å². The molecule has 0 aliphatic carbocycles. The van der Waals surface area contributed by atoms with Crippen molar-refractivity contribution in [3.8, 4) is 0 Å². The van der Waals surface area contributed by atoms with E-state index < -0.39 is 6.17 Å². The van der Waals surface area contributed by atoms with E-state index >= 15 is 0 Å². The van der Waals surface area contributed by atoms with Crippen molar-refractivity contribution in [3.63, 3.8) is 0 Å². The molecule has 15 heavy (non-hydrogen) atoms. The van der Waals surface area contributed by atoms with Crippen molar-refractivity contribution >= 4 is 0 Å². The summed E-state index contributed by atoms with van der Waals surface area (Å²) in [6.45, 7) is 10.5. The molecule has 2 atom stereocenters. The number of rotatable bonds is 2. The number of hydrogen-bond donors (Lipinski definition) is 0. The Balaban J connectivity index is 1.77. The molecule has 2 aliphatic rings. The monoisotopic (exact) mass is 214 g/mol. The minimum Gasteiger partial charge on any atom is -0.298 e. The predicted molar refractivity (Wildman–Crippen MR) is 60.7 cm³/mol. The molecule has 88 valence electrons. The van der Waals surface area contributed by atoms with E-state index in [1.54, 1.807) is 0 Å². The molecule has 0 N–H and O–H groups in total. The molecule has 0 amide bonds. The SMILES string of the molecule is CC(C)N1CC(N2CC[C@H](C)[C@H](F)C2)C1. The van der Waals surface area contributed by atoms with Crippen LogP contribution < -0.4 is 0 Å². The normalized spacial score (nSPS) is 35.8. The van der Waals surface area contributed by atoms with Crippen LogP contribution >= 0.6 is 0 Å². The number of nitrogens with zero attached hydrogens (tertiary/aromatic N) is 2. The zero-order valence-corrected chi connectivity index (χ0v) is 10.1. The topological polar surface area (TPSA) is 6.48 Å². The quantitative estimate of drug-likeness (QED) is 0.691. The van der Waals surface area contributed by atoms with Gasteiger partial charge in [0.2, 0.25) is 0 Å². The average molecular weight is 214 g/mol. The smallest absolute Gasteiger partial charge is 0.115 e. The van der Waals surface area contributed by atoms with Gasteiger partial charge in [-0.05, 0) is 32.7 Å². The van der Waals surface area contributed by atoms with E-state index in [1.165, 1.54) is 0 Å². The maximum atomic E-state index is 13.5. The molecule has 0 bridgehead atoms. The second-order valence-electron chi connectivity index (χ2n) is 5.48. The third-order valence-corrected chi connectivity index (χ3v) is 4.04. The molecule has 2 fully saturated rings. The van der Waals surface area contributed by atoms with E-state index in [9.17, 15) is 4.39 Å². The van der Waals surface area contributed by atoms with Crippen LogP contribution in [0.4, 0.5) is 4.39 Å². The van der Waals surface area contributed by atoms with Crippen molar-refractivity contribution in [3.05, 3.63) is 0 Å². The van der Waals surface area contributed by atoms with Crippen LogP contribution in [0.3, 0.4) is 0 Å². The molecule has 0 saturated carbocycles. The summed E-state index contributed by atoms with van der Waals surface area (Å²) in [5.41, 5.74) is 0. The largest absolute Gasteiger partial charge is 0.298 e. The van der Waals surface area contributed by atoms with Crippen molar-refractivity contribution < 1.29 is 4.39 Å². The molecule has 0 radical (unpaired) electrons. The van der Waals surface area contributed by atoms with Crippen molar-refractivity contribution in [1.29, 1.82) is 0 Å². The van der Waals surface area contributed by atoms with Gasteiger partial charge in [-0.2, -0.15) is 0 Å². The van der Waals surface area contributed by atoms with Gasteiger partial charge in [-0.25, -0.2) is 4.39 Å². The Hall–Kier alpha value is -0.150. The lowest BCUT2D eigenvalue weighted by Gasteiger charge is -2.49. The van der Waals surface area contributed by atoms with Crippen LogP contribution in [-0.4, -0.2) is 54.2 Å². The molecule has 0 spiro atoms. The molecule has 3 heteroatoms. The Kier molecular flexibility index (Phi) is 3.31. The number of likely N-dealkylation sites (tertiary alicyclic amines) is 2. The summed E-state index contributed by atoms with van der Waals surface area (Å²) in [4.78, 5) is 4.81. The van der Waals surface area contributed by atoms with Crippen LogP contribution in [0.2, 0.25) is 0 Å². The van der Waals surface area contributed by atoms with Gasteiger partial charge < -0.3 is 0 Å². The number of hydrogen-bond acceptors (Lipinski definition) is 2. The van der Waals surface area contributed by atoms with Crippen molar-refractivity contribution in [2.24, 2.45) is 5.92 Å². The number of halogens is 1. The molecule has 2 heterocycles. The molecular weight excluding hydrogens is 191 g/mol. The third-order valence-electron chi connectivity index (χ3n) is 4.04. The molecule has 2 aliphatic heterocycles. The minimum atomic E-state index is -0.605. The van der Waals surface area contributed by atoms with Crippen LogP contribution in [0.25, 0.3) is 0 Å². The maximum absolute atomic E-state index is 13.5.